The number of pyridine rings is 2. The minimum Gasteiger partial charge on any atom is -0.493 e. The predicted octanol–water partition coefficient (Wildman–Crippen LogP) is 5.94. The lowest BCUT2D eigenvalue weighted by Crippen LogP contribution is -2.36. The number of aromatic amines is 2. The molecule has 6 aromatic rings. The highest BCUT2D eigenvalue weighted by molar-refractivity contribution is 6.07. The number of methoxy groups -OCH3 is 2. The third kappa shape index (κ3) is 7.25. The standard InChI is InChI=1S/C27H28N4O4.C8H5FN2O2/c1-27(2,16-30-26(33)21-14-29-22-15-28-12-11-20(21)22)18-6-8-19(9-7-18)31-25(32)17-5-10-23(34-3)24(13-17)35-4;9-4-1-5-6(8(12)13)3-11-7(5)10-2-4/h5-15,29H,16H2,1-4H3,(H,30,33)(H,31,32);1-3H,(H,10,11)(H,12,13). The van der Waals surface area contributed by atoms with Gasteiger partial charge in [0.05, 0.1) is 43.3 Å². The van der Waals surface area contributed by atoms with Crippen molar-refractivity contribution in [1.82, 2.24) is 25.3 Å². The van der Waals surface area contributed by atoms with E-state index >= 15 is 0 Å². The normalized spacial score (nSPS) is 11.0. The number of fused-ring (bicyclic) bond motifs is 2. The van der Waals surface area contributed by atoms with Crippen molar-refractivity contribution >= 4 is 45.4 Å². The van der Waals surface area contributed by atoms with Crippen molar-refractivity contribution in [3.05, 3.63) is 114 Å². The number of anilines is 1. The Labute approximate surface area is 274 Å². The molecule has 0 fully saturated rings. The molecule has 2 aromatic carbocycles. The summed E-state index contributed by atoms with van der Waals surface area (Å²) in [7, 11) is 3.08. The third-order valence-electron chi connectivity index (χ3n) is 7.72. The quantitative estimate of drug-likeness (QED) is 0.128. The zero-order chi connectivity index (χ0) is 34.4. The second-order valence-corrected chi connectivity index (χ2v) is 11.3. The van der Waals surface area contributed by atoms with Gasteiger partial charge in [0.25, 0.3) is 11.8 Å². The van der Waals surface area contributed by atoms with Gasteiger partial charge in [-0.15, -0.1) is 0 Å². The van der Waals surface area contributed by atoms with E-state index in [2.05, 4.69) is 44.4 Å². The number of carbonyl (C=O) groups excluding carboxylic acids is 2. The molecule has 0 saturated heterocycles. The minimum absolute atomic E-state index is 0.0296. The number of nitrogens with zero attached hydrogens (tertiary/aromatic N) is 2. The van der Waals surface area contributed by atoms with E-state index in [1.54, 1.807) is 43.9 Å². The molecule has 0 aliphatic rings. The number of ether oxygens (including phenoxy) is 2. The molecule has 246 valence electrons. The van der Waals surface area contributed by atoms with Crippen molar-refractivity contribution in [2.24, 2.45) is 0 Å². The molecule has 2 amide bonds. The van der Waals surface area contributed by atoms with Crippen LogP contribution in [0, 0.1) is 5.82 Å². The monoisotopic (exact) mass is 652 g/mol. The first-order chi connectivity index (χ1) is 23.0. The fraction of sp³-hybridized carbons (Fsp3) is 0.171. The van der Waals surface area contributed by atoms with Gasteiger partial charge in [0.2, 0.25) is 0 Å². The van der Waals surface area contributed by atoms with Gasteiger partial charge in [-0.05, 0) is 48.0 Å². The number of aromatic nitrogens is 4. The topological polar surface area (TPSA) is 171 Å². The lowest BCUT2D eigenvalue weighted by Gasteiger charge is -2.26. The number of nitrogens with one attached hydrogen (secondary N) is 4. The minimum atomic E-state index is -1.10. The molecule has 0 radical (unpaired) electrons. The number of amides is 2. The first-order valence-corrected chi connectivity index (χ1v) is 14.7. The lowest BCUT2D eigenvalue weighted by molar-refractivity contribution is 0.0698. The first kappa shape index (κ1) is 33.1. The van der Waals surface area contributed by atoms with Crippen molar-refractivity contribution in [3.8, 4) is 11.5 Å². The maximum Gasteiger partial charge on any atom is 0.337 e. The highest BCUT2D eigenvalue weighted by Gasteiger charge is 2.23. The average Bonchev–Trinajstić information content (AvgIpc) is 3.72. The number of hydrogen-bond acceptors (Lipinski definition) is 7. The molecule has 5 N–H and O–H groups in total. The SMILES string of the molecule is COc1ccc(C(=O)Nc2ccc(C(C)(C)CNC(=O)c3c[nH]c4cnccc34)cc2)cc1OC.O=C(O)c1c[nH]c2ncc(F)cc12. The second-order valence-electron chi connectivity index (χ2n) is 11.3. The Morgan fingerprint density at radius 3 is 2.31 bits per heavy atom. The van der Waals surface area contributed by atoms with Gasteiger partial charge in [-0.3, -0.25) is 14.6 Å². The van der Waals surface area contributed by atoms with Crippen LogP contribution in [-0.2, 0) is 5.41 Å². The number of carboxylic acids is 1. The summed E-state index contributed by atoms with van der Waals surface area (Å²) in [5.74, 6) is -0.991. The predicted molar refractivity (Wildman–Crippen MR) is 178 cm³/mol. The van der Waals surface area contributed by atoms with Crippen LogP contribution >= 0.6 is 0 Å². The van der Waals surface area contributed by atoms with Gasteiger partial charge in [-0.1, -0.05) is 26.0 Å². The van der Waals surface area contributed by atoms with Gasteiger partial charge in [0, 0.05) is 52.6 Å². The van der Waals surface area contributed by atoms with Crippen LogP contribution in [0.1, 0.15) is 50.5 Å². The van der Waals surface area contributed by atoms with E-state index in [1.807, 2.05) is 30.3 Å². The van der Waals surface area contributed by atoms with Crippen LogP contribution in [0.3, 0.4) is 0 Å². The molecule has 13 heteroatoms. The molecule has 0 saturated carbocycles. The number of carbonyl (C=O) groups is 3. The number of hydrogen-bond donors (Lipinski definition) is 5. The van der Waals surface area contributed by atoms with Gasteiger partial charge in [0.1, 0.15) is 11.5 Å². The molecule has 0 aliphatic heterocycles. The molecule has 4 aromatic heterocycles. The number of benzene rings is 2. The number of rotatable bonds is 9. The number of halogens is 1. The first-order valence-electron chi connectivity index (χ1n) is 14.7. The molecule has 0 unspecified atom stereocenters. The Kier molecular flexibility index (Phi) is 9.69. The van der Waals surface area contributed by atoms with Crippen LogP contribution in [0.4, 0.5) is 10.1 Å². The molecule has 0 atom stereocenters. The summed E-state index contributed by atoms with van der Waals surface area (Å²) in [4.78, 5) is 49.5. The van der Waals surface area contributed by atoms with Crippen LogP contribution < -0.4 is 20.1 Å². The van der Waals surface area contributed by atoms with Gasteiger partial charge >= 0.3 is 5.97 Å². The Bertz CT molecular complexity index is 2100. The van der Waals surface area contributed by atoms with E-state index < -0.39 is 11.8 Å². The molecule has 12 nitrogen and oxygen atoms in total. The maximum absolute atomic E-state index is 12.8. The number of aromatic carboxylic acids is 1. The van der Waals surface area contributed by atoms with Crippen LogP contribution in [0.25, 0.3) is 21.9 Å². The van der Waals surface area contributed by atoms with E-state index in [4.69, 9.17) is 14.6 Å². The summed E-state index contributed by atoms with van der Waals surface area (Å²) in [6, 6.07) is 15.6. The molecule has 0 aliphatic carbocycles. The average molecular weight is 653 g/mol. The third-order valence-corrected chi connectivity index (χ3v) is 7.72. The summed E-state index contributed by atoms with van der Waals surface area (Å²) in [6.07, 6.45) is 7.39. The van der Waals surface area contributed by atoms with E-state index in [9.17, 15) is 18.8 Å². The summed E-state index contributed by atoms with van der Waals surface area (Å²) in [5, 5.41) is 15.7. The Hall–Kier alpha value is -6.24. The molecular weight excluding hydrogens is 619 g/mol. The van der Waals surface area contributed by atoms with Crippen LogP contribution in [0.15, 0.2) is 85.6 Å². The molecule has 6 rings (SSSR count). The van der Waals surface area contributed by atoms with E-state index in [1.165, 1.54) is 13.3 Å². The fourth-order valence-corrected chi connectivity index (χ4v) is 5.00. The van der Waals surface area contributed by atoms with E-state index in [0.717, 1.165) is 28.7 Å². The van der Waals surface area contributed by atoms with E-state index in [0.29, 0.717) is 40.5 Å². The van der Waals surface area contributed by atoms with Crippen molar-refractivity contribution in [1.29, 1.82) is 0 Å². The number of carboxylic acid groups (broad SMARTS) is 1. The van der Waals surface area contributed by atoms with Crippen molar-refractivity contribution in [2.75, 3.05) is 26.1 Å². The molecule has 0 spiro atoms. The van der Waals surface area contributed by atoms with E-state index in [-0.39, 0.29) is 28.2 Å². The number of H-pyrrole nitrogens is 2. The molecular formula is C35H33FN6O6. The Morgan fingerprint density at radius 2 is 1.60 bits per heavy atom. The highest BCUT2D eigenvalue weighted by atomic mass is 19.1. The summed E-state index contributed by atoms with van der Waals surface area (Å²) in [6.45, 7) is 4.56. The Balaban J connectivity index is 0.000000288. The zero-order valence-electron chi connectivity index (χ0n) is 26.6. The summed E-state index contributed by atoms with van der Waals surface area (Å²) < 4.78 is 23.2. The smallest absolute Gasteiger partial charge is 0.337 e. The maximum atomic E-state index is 12.8. The summed E-state index contributed by atoms with van der Waals surface area (Å²) in [5.41, 5.74) is 3.65. The van der Waals surface area contributed by atoms with Crippen LogP contribution in [0.2, 0.25) is 0 Å². The molecule has 48 heavy (non-hydrogen) atoms. The molecule has 4 heterocycles. The van der Waals surface area contributed by atoms with Gasteiger partial charge < -0.3 is 35.2 Å². The Morgan fingerprint density at radius 1 is 0.875 bits per heavy atom. The van der Waals surface area contributed by atoms with Gasteiger partial charge in [-0.25, -0.2) is 14.2 Å². The van der Waals surface area contributed by atoms with Crippen molar-refractivity contribution < 1.29 is 33.4 Å². The van der Waals surface area contributed by atoms with Gasteiger partial charge in [-0.2, -0.15) is 0 Å². The fourth-order valence-electron chi connectivity index (χ4n) is 5.00. The van der Waals surface area contributed by atoms with Crippen LogP contribution in [0.5, 0.6) is 11.5 Å². The van der Waals surface area contributed by atoms with Crippen molar-refractivity contribution in [2.45, 2.75) is 19.3 Å². The largest absolute Gasteiger partial charge is 0.493 e. The highest BCUT2D eigenvalue weighted by Crippen LogP contribution is 2.29. The lowest BCUT2D eigenvalue weighted by atomic mass is 9.84. The second kappa shape index (κ2) is 14.0. The van der Waals surface area contributed by atoms with Crippen molar-refractivity contribution in [3.63, 3.8) is 0 Å². The van der Waals surface area contributed by atoms with Gasteiger partial charge in [0.15, 0.2) is 11.5 Å². The molecule has 0 bridgehead atoms. The zero-order valence-corrected chi connectivity index (χ0v) is 26.6. The summed E-state index contributed by atoms with van der Waals surface area (Å²) >= 11 is 0. The van der Waals surface area contributed by atoms with Crippen LogP contribution in [-0.4, -0.2) is 63.6 Å².